The van der Waals surface area contributed by atoms with Crippen molar-refractivity contribution >= 4 is 23.2 Å². The Morgan fingerprint density at radius 2 is 1.40 bits per heavy atom. The van der Waals surface area contributed by atoms with E-state index in [-0.39, 0.29) is 11.5 Å². The van der Waals surface area contributed by atoms with Gasteiger partial charge in [0.15, 0.2) is 5.69 Å². The molecule has 0 aliphatic rings. The second-order valence-corrected chi connectivity index (χ2v) is 7.50. The van der Waals surface area contributed by atoms with Crippen LogP contribution in [0.3, 0.4) is 0 Å². The number of carbonyl (C=O) groups is 2. The normalized spacial score (nSPS) is 10.5. The van der Waals surface area contributed by atoms with Gasteiger partial charge in [0.2, 0.25) is 5.76 Å². The standard InChI is InChI=1S/C23H19N3O3S/c27-22(24-14-16-8-3-1-4-9-16)20-19(18-12-7-13-30-18)21(29-26-20)23(28)25-15-17-10-5-2-6-11-17/h1-13H,14-15H2,(H,24,27)(H,25,28). The second kappa shape index (κ2) is 9.19. The van der Waals surface area contributed by atoms with Crippen LogP contribution < -0.4 is 10.6 Å². The van der Waals surface area contributed by atoms with Gasteiger partial charge in [0.05, 0.1) is 5.56 Å². The Morgan fingerprint density at radius 3 is 1.97 bits per heavy atom. The van der Waals surface area contributed by atoms with Gasteiger partial charge in [-0.25, -0.2) is 0 Å². The molecule has 2 aromatic carbocycles. The van der Waals surface area contributed by atoms with Crippen LogP contribution in [0.15, 0.2) is 82.7 Å². The molecule has 30 heavy (non-hydrogen) atoms. The van der Waals surface area contributed by atoms with Crippen LogP contribution in [0.25, 0.3) is 10.4 Å². The van der Waals surface area contributed by atoms with Gasteiger partial charge in [-0.3, -0.25) is 9.59 Å². The van der Waals surface area contributed by atoms with Crippen molar-refractivity contribution in [3.8, 4) is 10.4 Å². The molecule has 0 aliphatic carbocycles. The highest BCUT2D eigenvalue weighted by atomic mass is 32.1. The van der Waals surface area contributed by atoms with Gasteiger partial charge < -0.3 is 15.2 Å². The second-order valence-electron chi connectivity index (χ2n) is 6.55. The first-order valence-electron chi connectivity index (χ1n) is 9.40. The molecule has 2 amide bonds. The maximum atomic E-state index is 12.8. The van der Waals surface area contributed by atoms with E-state index in [0.717, 1.165) is 16.0 Å². The zero-order chi connectivity index (χ0) is 20.8. The molecule has 0 unspecified atom stereocenters. The van der Waals surface area contributed by atoms with E-state index in [2.05, 4.69) is 15.8 Å². The topological polar surface area (TPSA) is 84.2 Å². The van der Waals surface area contributed by atoms with E-state index in [0.29, 0.717) is 18.7 Å². The molecule has 6 nitrogen and oxygen atoms in total. The smallest absolute Gasteiger partial charge is 0.290 e. The summed E-state index contributed by atoms with van der Waals surface area (Å²) in [6, 6.07) is 22.8. The molecule has 4 aromatic rings. The maximum Gasteiger partial charge on any atom is 0.290 e. The van der Waals surface area contributed by atoms with E-state index >= 15 is 0 Å². The van der Waals surface area contributed by atoms with E-state index in [1.54, 1.807) is 0 Å². The lowest BCUT2D eigenvalue weighted by Crippen LogP contribution is -2.25. The van der Waals surface area contributed by atoms with E-state index in [1.807, 2.05) is 78.2 Å². The number of carbonyl (C=O) groups excluding carboxylic acids is 2. The van der Waals surface area contributed by atoms with E-state index in [4.69, 9.17) is 4.52 Å². The van der Waals surface area contributed by atoms with Crippen LogP contribution in [0.2, 0.25) is 0 Å². The molecule has 0 aliphatic heterocycles. The molecule has 2 aromatic heterocycles. The summed E-state index contributed by atoms with van der Waals surface area (Å²) in [4.78, 5) is 26.3. The Hall–Kier alpha value is -3.71. The van der Waals surface area contributed by atoms with Crippen molar-refractivity contribution < 1.29 is 14.1 Å². The zero-order valence-corrected chi connectivity index (χ0v) is 16.8. The number of hydrogen-bond donors (Lipinski definition) is 2. The van der Waals surface area contributed by atoms with Gasteiger partial charge in [0.1, 0.15) is 0 Å². The van der Waals surface area contributed by atoms with Gasteiger partial charge in [0, 0.05) is 18.0 Å². The lowest BCUT2D eigenvalue weighted by molar-refractivity contribution is 0.0906. The summed E-state index contributed by atoms with van der Waals surface area (Å²) >= 11 is 1.41. The lowest BCUT2D eigenvalue weighted by atomic mass is 10.1. The minimum absolute atomic E-state index is 0.0262. The van der Waals surface area contributed by atoms with Gasteiger partial charge in [-0.1, -0.05) is 71.9 Å². The van der Waals surface area contributed by atoms with Crippen LogP contribution in [0.4, 0.5) is 0 Å². The summed E-state index contributed by atoms with van der Waals surface area (Å²) < 4.78 is 5.33. The number of nitrogens with zero attached hydrogens (tertiary/aromatic N) is 1. The fraction of sp³-hybridized carbons (Fsp3) is 0.0870. The maximum absolute atomic E-state index is 12.8. The van der Waals surface area contributed by atoms with Crippen molar-refractivity contribution in [1.29, 1.82) is 0 Å². The summed E-state index contributed by atoms with van der Waals surface area (Å²) in [7, 11) is 0. The van der Waals surface area contributed by atoms with E-state index < -0.39 is 11.8 Å². The molecule has 0 saturated carbocycles. The first kappa shape index (κ1) is 19.6. The molecule has 0 bridgehead atoms. The van der Waals surface area contributed by atoms with Gasteiger partial charge in [-0.2, -0.15) is 0 Å². The van der Waals surface area contributed by atoms with Gasteiger partial charge >= 0.3 is 0 Å². The highest BCUT2D eigenvalue weighted by Crippen LogP contribution is 2.31. The van der Waals surface area contributed by atoms with Crippen LogP contribution in [0, 0.1) is 0 Å². The molecule has 0 fully saturated rings. The Balaban J connectivity index is 1.55. The number of amides is 2. The first-order chi connectivity index (χ1) is 14.7. The molecular weight excluding hydrogens is 398 g/mol. The molecule has 0 radical (unpaired) electrons. The number of nitrogens with one attached hydrogen (secondary N) is 2. The summed E-state index contributed by atoms with van der Waals surface area (Å²) in [5.41, 5.74) is 2.43. The number of hydrogen-bond acceptors (Lipinski definition) is 5. The van der Waals surface area contributed by atoms with Crippen LogP contribution in [-0.4, -0.2) is 17.0 Å². The number of aromatic nitrogens is 1. The van der Waals surface area contributed by atoms with Crippen molar-refractivity contribution in [2.24, 2.45) is 0 Å². The Kier molecular flexibility index (Phi) is 6.01. The van der Waals surface area contributed by atoms with Crippen molar-refractivity contribution in [3.05, 3.63) is 101 Å². The highest BCUT2D eigenvalue weighted by molar-refractivity contribution is 7.13. The zero-order valence-electron chi connectivity index (χ0n) is 16.0. The number of thiophene rings is 1. The van der Waals surface area contributed by atoms with Crippen molar-refractivity contribution in [2.75, 3.05) is 0 Å². The SMILES string of the molecule is O=C(NCc1ccccc1)c1noc(C(=O)NCc2ccccc2)c1-c1cccs1. The fourth-order valence-corrected chi connectivity index (χ4v) is 3.74. The van der Waals surface area contributed by atoms with Crippen molar-refractivity contribution in [3.63, 3.8) is 0 Å². The lowest BCUT2D eigenvalue weighted by Gasteiger charge is -2.06. The largest absolute Gasteiger partial charge is 0.349 e. The predicted octanol–water partition coefficient (Wildman–Crippen LogP) is 4.26. The Morgan fingerprint density at radius 1 is 0.800 bits per heavy atom. The molecule has 0 saturated heterocycles. The third-order valence-electron chi connectivity index (χ3n) is 4.47. The summed E-state index contributed by atoms with van der Waals surface area (Å²) in [6.07, 6.45) is 0. The fourth-order valence-electron chi connectivity index (χ4n) is 2.97. The van der Waals surface area contributed by atoms with Crippen LogP contribution in [0.5, 0.6) is 0 Å². The average Bonchev–Trinajstić information content (AvgIpc) is 3.47. The van der Waals surface area contributed by atoms with Crippen molar-refractivity contribution in [2.45, 2.75) is 13.1 Å². The predicted molar refractivity (Wildman–Crippen MR) is 115 cm³/mol. The third-order valence-corrected chi connectivity index (χ3v) is 5.36. The summed E-state index contributed by atoms with van der Waals surface area (Å²) in [6.45, 7) is 0.700. The monoisotopic (exact) mass is 417 g/mol. The molecule has 0 atom stereocenters. The molecule has 2 heterocycles. The number of benzene rings is 2. The van der Waals surface area contributed by atoms with Gasteiger partial charge in [-0.15, -0.1) is 11.3 Å². The van der Waals surface area contributed by atoms with Crippen LogP contribution in [-0.2, 0) is 13.1 Å². The Bertz CT molecular complexity index is 1050. The quantitative estimate of drug-likeness (QED) is 0.471. The van der Waals surface area contributed by atoms with Gasteiger partial charge in [0.25, 0.3) is 11.8 Å². The molecule has 2 N–H and O–H groups in total. The molecule has 4 rings (SSSR count). The summed E-state index contributed by atoms with van der Waals surface area (Å²) in [5, 5.41) is 11.5. The molecular formula is C23H19N3O3S. The molecule has 0 spiro atoms. The first-order valence-corrected chi connectivity index (χ1v) is 10.3. The average molecular weight is 417 g/mol. The van der Waals surface area contributed by atoms with Crippen LogP contribution in [0.1, 0.15) is 32.2 Å². The highest BCUT2D eigenvalue weighted by Gasteiger charge is 2.28. The third kappa shape index (κ3) is 4.47. The van der Waals surface area contributed by atoms with E-state index in [1.165, 1.54) is 11.3 Å². The minimum atomic E-state index is -0.420. The van der Waals surface area contributed by atoms with Gasteiger partial charge in [-0.05, 0) is 22.6 Å². The minimum Gasteiger partial charge on any atom is -0.349 e. The summed E-state index contributed by atoms with van der Waals surface area (Å²) in [5.74, 6) is -0.789. The van der Waals surface area contributed by atoms with Crippen molar-refractivity contribution in [1.82, 2.24) is 15.8 Å². The van der Waals surface area contributed by atoms with E-state index in [9.17, 15) is 9.59 Å². The molecule has 150 valence electrons. The Labute approximate surface area is 177 Å². The number of rotatable bonds is 7. The molecule has 7 heteroatoms. The van der Waals surface area contributed by atoms with Crippen LogP contribution >= 0.6 is 11.3 Å².